The van der Waals surface area contributed by atoms with Crippen LogP contribution in [-0.2, 0) is 6.54 Å². The van der Waals surface area contributed by atoms with E-state index in [9.17, 15) is 0 Å². The second-order valence-electron chi connectivity index (χ2n) is 4.94. The van der Waals surface area contributed by atoms with E-state index in [0.717, 1.165) is 22.6 Å². The predicted molar refractivity (Wildman–Crippen MR) is 78.5 cm³/mol. The third kappa shape index (κ3) is 3.51. The summed E-state index contributed by atoms with van der Waals surface area (Å²) in [5.74, 6) is 1.03. The number of nitrogens with one attached hydrogen (secondary N) is 1. The van der Waals surface area contributed by atoms with Crippen LogP contribution in [0.5, 0.6) is 0 Å². The van der Waals surface area contributed by atoms with E-state index in [0.29, 0.717) is 18.4 Å². The Morgan fingerprint density at radius 2 is 1.84 bits per heavy atom. The predicted octanol–water partition coefficient (Wildman–Crippen LogP) is 3.11. The van der Waals surface area contributed by atoms with Crippen molar-refractivity contribution in [2.75, 3.05) is 5.32 Å². The van der Waals surface area contributed by atoms with Gasteiger partial charge in [0.1, 0.15) is 0 Å². The molecule has 0 atom stereocenters. The monoisotopic (exact) mass is 256 g/mol. The van der Waals surface area contributed by atoms with Gasteiger partial charge in [-0.3, -0.25) is 0 Å². The summed E-state index contributed by atoms with van der Waals surface area (Å²) < 4.78 is 0. The molecule has 3 N–H and O–H groups in total. The highest BCUT2D eigenvalue weighted by Gasteiger charge is 2.06. The van der Waals surface area contributed by atoms with E-state index in [2.05, 4.69) is 29.1 Å². The lowest BCUT2D eigenvalue weighted by molar-refractivity contribution is 0.812. The maximum absolute atomic E-state index is 5.58. The van der Waals surface area contributed by atoms with Crippen molar-refractivity contribution >= 4 is 11.6 Å². The van der Waals surface area contributed by atoms with E-state index in [-0.39, 0.29) is 0 Å². The lowest BCUT2D eigenvalue weighted by Gasteiger charge is -2.10. The van der Waals surface area contributed by atoms with Crippen LogP contribution in [0.3, 0.4) is 0 Å². The molecular weight excluding hydrogens is 236 g/mol. The van der Waals surface area contributed by atoms with Crippen molar-refractivity contribution in [3.8, 4) is 0 Å². The van der Waals surface area contributed by atoms with Gasteiger partial charge in [0.25, 0.3) is 0 Å². The Hall–Kier alpha value is -1.94. The fraction of sp³-hybridized carbons (Fsp3) is 0.333. The first-order valence-electron chi connectivity index (χ1n) is 6.50. The summed E-state index contributed by atoms with van der Waals surface area (Å²) in [5, 5.41) is 3.23. The molecule has 2 aromatic rings. The first-order chi connectivity index (χ1) is 9.08. The van der Waals surface area contributed by atoms with E-state index in [1.165, 1.54) is 0 Å². The quantitative estimate of drug-likeness (QED) is 0.882. The van der Waals surface area contributed by atoms with Gasteiger partial charge in [-0.15, -0.1) is 0 Å². The Bertz CT molecular complexity index is 547. The maximum atomic E-state index is 5.58. The van der Waals surface area contributed by atoms with Crippen molar-refractivity contribution in [2.45, 2.75) is 33.2 Å². The first kappa shape index (κ1) is 13.5. The van der Waals surface area contributed by atoms with Crippen molar-refractivity contribution in [1.82, 2.24) is 9.97 Å². The zero-order chi connectivity index (χ0) is 13.8. The van der Waals surface area contributed by atoms with Gasteiger partial charge in [-0.1, -0.05) is 26.0 Å². The van der Waals surface area contributed by atoms with E-state index in [4.69, 9.17) is 5.73 Å². The molecule has 0 bridgehead atoms. The van der Waals surface area contributed by atoms with Crippen LogP contribution in [0.4, 0.5) is 11.6 Å². The zero-order valence-electron chi connectivity index (χ0n) is 11.6. The minimum atomic E-state index is 0.391. The third-order valence-electron chi connectivity index (χ3n) is 2.91. The number of aromatic nitrogens is 2. The van der Waals surface area contributed by atoms with Crippen LogP contribution in [0, 0.1) is 6.92 Å². The van der Waals surface area contributed by atoms with Gasteiger partial charge in [-0.25, -0.2) is 9.97 Å². The maximum Gasteiger partial charge on any atom is 0.227 e. The molecule has 0 radical (unpaired) electrons. The number of aryl methyl sites for hydroxylation is 1. The number of anilines is 2. The van der Waals surface area contributed by atoms with Gasteiger partial charge in [-0.2, -0.15) is 0 Å². The van der Waals surface area contributed by atoms with Crippen molar-refractivity contribution < 1.29 is 0 Å². The van der Waals surface area contributed by atoms with Crippen LogP contribution in [0.1, 0.15) is 36.7 Å². The molecule has 0 saturated heterocycles. The topological polar surface area (TPSA) is 63.8 Å². The smallest absolute Gasteiger partial charge is 0.227 e. The summed E-state index contributed by atoms with van der Waals surface area (Å²) in [6.07, 6.45) is 0. The van der Waals surface area contributed by atoms with Crippen LogP contribution in [-0.4, -0.2) is 9.97 Å². The molecule has 0 amide bonds. The second kappa shape index (κ2) is 5.80. The molecule has 2 rings (SSSR count). The summed E-state index contributed by atoms with van der Waals surface area (Å²) >= 11 is 0. The van der Waals surface area contributed by atoms with Crippen LogP contribution >= 0.6 is 0 Å². The molecule has 0 spiro atoms. The Kier molecular flexibility index (Phi) is 4.12. The number of hydrogen-bond acceptors (Lipinski definition) is 4. The lowest BCUT2D eigenvalue weighted by Crippen LogP contribution is -2.03. The van der Waals surface area contributed by atoms with Gasteiger partial charge in [-0.05, 0) is 36.6 Å². The van der Waals surface area contributed by atoms with Crippen molar-refractivity contribution in [2.24, 2.45) is 5.73 Å². The summed E-state index contributed by atoms with van der Waals surface area (Å²) in [6.45, 7) is 6.79. The highest BCUT2D eigenvalue weighted by Crippen LogP contribution is 2.18. The lowest BCUT2D eigenvalue weighted by atomic mass is 10.1. The molecule has 1 heterocycles. The molecule has 100 valence electrons. The second-order valence-corrected chi connectivity index (χ2v) is 4.94. The Morgan fingerprint density at radius 1 is 1.16 bits per heavy atom. The van der Waals surface area contributed by atoms with E-state index in [1.54, 1.807) is 0 Å². The molecule has 4 nitrogen and oxygen atoms in total. The van der Waals surface area contributed by atoms with Gasteiger partial charge in [0.05, 0.1) is 0 Å². The Labute approximate surface area is 114 Å². The van der Waals surface area contributed by atoms with Crippen molar-refractivity contribution in [3.05, 3.63) is 47.3 Å². The van der Waals surface area contributed by atoms with Gasteiger partial charge >= 0.3 is 0 Å². The first-order valence-corrected chi connectivity index (χ1v) is 6.50. The molecule has 1 aromatic carbocycles. The largest absolute Gasteiger partial charge is 0.326 e. The molecule has 0 aliphatic rings. The fourth-order valence-corrected chi connectivity index (χ4v) is 1.80. The third-order valence-corrected chi connectivity index (χ3v) is 2.91. The minimum absolute atomic E-state index is 0.391. The molecule has 4 heteroatoms. The van der Waals surface area contributed by atoms with E-state index >= 15 is 0 Å². The molecule has 0 aliphatic heterocycles. The van der Waals surface area contributed by atoms with Gasteiger partial charge in [0.2, 0.25) is 5.95 Å². The highest BCUT2D eigenvalue weighted by molar-refractivity contribution is 5.53. The Morgan fingerprint density at radius 3 is 2.42 bits per heavy atom. The highest BCUT2D eigenvalue weighted by atomic mass is 15.1. The Balaban J connectivity index is 2.22. The number of hydrogen-bond donors (Lipinski definition) is 2. The standard InChI is InChI=1S/C15H20N4/c1-10(2)14-8-11(3)17-15(19-14)18-13-6-4-12(9-16)5-7-13/h4-8,10H,9,16H2,1-3H3,(H,17,18,19). The SMILES string of the molecule is Cc1cc(C(C)C)nc(Nc2ccc(CN)cc2)n1. The number of nitrogens with zero attached hydrogens (tertiary/aromatic N) is 2. The van der Waals surface area contributed by atoms with Crippen molar-refractivity contribution in [3.63, 3.8) is 0 Å². The van der Waals surface area contributed by atoms with Gasteiger partial charge < -0.3 is 11.1 Å². The molecule has 1 aromatic heterocycles. The van der Waals surface area contributed by atoms with Crippen LogP contribution in [0.25, 0.3) is 0 Å². The summed E-state index contributed by atoms with van der Waals surface area (Å²) in [6, 6.07) is 10.0. The molecular formula is C15H20N4. The number of benzene rings is 1. The molecule has 0 saturated carbocycles. The molecule has 19 heavy (non-hydrogen) atoms. The average molecular weight is 256 g/mol. The van der Waals surface area contributed by atoms with Crippen LogP contribution in [0.2, 0.25) is 0 Å². The summed E-state index contributed by atoms with van der Waals surface area (Å²) in [7, 11) is 0. The van der Waals surface area contributed by atoms with Crippen LogP contribution in [0.15, 0.2) is 30.3 Å². The van der Waals surface area contributed by atoms with Crippen molar-refractivity contribution in [1.29, 1.82) is 0 Å². The van der Waals surface area contributed by atoms with Gasteiger partial charge in [0.15, 0.2) is 0 Å². The van der Waals surface area contributed by atoms with Crippen LogP contribution < -0.4 is 11.1 Å². The van der Waals surface area contributed by atoms with Gasteiger partial charge in [0, 0.05) is 23.6 Å². The average Bonchev–Trinajstić information content (AvgIpc) is 2.39. The molecule has 0 fully saturated rings. The normalized spacial score (nSPS) is 10.8. The van der Waals surface area contributed by atoms with E-state index < -0.39 is 0 Å². The number of rotatable bonds is 4. The molecule has 0 unspecified atom stereocenters. The minimum Gasteiger partial charge on any atom is -0.326 e. The summed E-state index contributed by atoms with van der Waals surface area (Å²) in [4.78, 5) is 8.93. The zero-order valence-corrected chi connectivity index (χ0v) is 11.6. The fourth-order valence-electron chi connectivity index (χ4n) is 1.80. The summed E-state index contributed by atoms with van der Waals surface area (Å²) in [5.41, 5.74) is 9.68. The van der Waals surface area contributed by atoms with E-state index in [1.807, 2.05) is 37.3 Å². The molecule has 0 aliphatic carbocycles. The number of nitrogens with two attached hydrogens (primary N) is 1.